The average Bonchev–Trinajstić information content (AvgIpc) is 2.94. The fourth-order valence-electron chi connectivity index (χ4n) is 2.68. The van der Waals surface area contributed by atoms with Crippen molar-refractivity contribution in [3.05, 3.63) is 45.4 Å². The number of aromatic nitrogens is 2. The van der Waals surface area contributed by atoms with Gasteiger partial charge in [-0.1, -0.05) is 65.8 Å². The van der Waals surface area contributed by atoms with Gasteiger partial charge in [0, 0.05) is 16.5 Å². The van der Waals surface area contributed by atoms with Crippen molar-refractivity contribution in [1.82, 2.24) is 9.97 Å². The number of hydrogen-bond donors (Lipinski definition) is 0. The van der Waals surface area contributed by atoms with Gasteiger partial charge >= 0.3 is 0 Å². The second-order valence-corrected chi connectivity index (χ2v) is 6.12. The standard InChI is InChI=1S/C15H13Cl3N2/c16-11-8-4-3-7-10(11)12-13(17)19-15(20-14(12)18)9-5-1-2-6-9/h3-4,7-9H,1-2,5-6H2. The normalized spacial score (nSPS) is 15.8. The third-order valence-corrected chi connectivity index (χ3v) is 4.58. The van der Waals surface area contributed by atoms with Crippen LogP contribution in [0.1, 0.15) is 37.4 Å². The van der Waals surface area contributed by atoms with Crippen molar-refractivity contribution >= 4 is 34.8 Å². The largest absolute Gasteiger partial charge is 0.220 e. The first-order valence-electron chi connectivity index (χ1n) is 6.64. The lowest BCUT2D eigenvalue weighted by molar-refractivity contribution is 0.668. The highest BCUT2D eigenvalue weighted by Gasteiger charge is 2.23. The Hall–Kier alpha value is -0.830. The van der Waals surface area contributed by atoms with Crippen molar-refractivity contribution in [3.63, 3.8) is 0 Å². The second-order valence-electron chi connectivity index (χ2n) is 5.00. The van der Waals surface area contributed by atoms with Crippen molar-refractivity contribution < 1.29 is 0 Å². The molecule has 0 amide bonds. The summed E-state index contributed by atoms with van der Waals surface area (Å²) >= 11 is 18.8. The summed E-state index contributed by atoms with van der Waals surface area (Å²) in [4.78, 5) is 8.89. The lowest BCUT2D eigenvalue weighted by atomic mass is 10.1. The molecule has 5 heteroatoms. The summed E-state index contributed by atoms with van der Waals surface area (Å²) in [7, 11) is 0. The highest BCUT2D eigenvalue weighted by molar-refractivity contribution is 6.40. The van der Waals surface area contributed by atoms with Gasteiger partial charge in [0.25, 0.3) is 0 Å². The molecule has 1 fully saturated rings. The van der Waals surface area contributed by atoms with Crippen LogP contribution in [-0.4, -0.2) is 9.97 Å². The van der Waals surface area contributed by atoms with E-state index in [1.807, 2.05) is 18.2 Å². The molecule has 104 valence electrons. The lowest BCUT2D eigenvalue weighted by Gasteiger charge is -2.12. The highest BCUT2D eigenvalue weighted by Crippen LogP contribution is 2.39. The van der Waals surface area contributed by atoms with Crippen LogP contribution in [0, 0.1) is 0 Å². The van der Waals surface area contributed by atoms with E-state index in [-0.39, 0.29) is 0 Å². The van der Waals surface area contributed by atoms with Gasteiger partial charge in [-0.3, -0.25) is 0 Å². The Morgan fingerprint density at radius 1 is 0.900 bits per heavy atom. The topological polar surface area (TPSA) is 25.8 Å². The molecule has 0 atom stereocenters. The predicted molar refractivity (Wildman–Crippen MR) is 83.7 cm³/mol. The first kappa shape index (κ1) is 14.1. The molecule has 20 heavy (non-hydrogen) atoms. The average molecular weight is 328 g/mol. The van der Waals surface area contributed by atoms with Crippen LogP contribution in [0.2, 0.25) is 15.3 Å². The minimum absolute atomic E-state index is 0.375. The monoisotopic (exact) mass is 326 g/mol. The number of benzene rings is 1. The van der Waals surface area contributed by atoms with Gasteiger partial charge in [0.1, 0.15) is 16.1 Å². The smallest absolute Gasteiger partial charge is 0.142 e. The van der Waals surface area contributed by atoms with Crippen LogP contribution in [0.15, 0.2) is 24.3 Å². The van der Waals surface area contributed by atoms with E-state index in [9.17, 15) is 0 Å². The molecule has 0 bridgehead atoms. The second kappa shape index (κ2) is 5.88. The van der Waals surface area contributed by atoms with E-state index >= 15 is 0 Å². The fraction of sp³-hybridized carbons (Fsp3) is 0.333. The van der Waals surface area contributed by atoms with Crippen molar-refractivity contribution in [1.29, 1.82) is 0 Å². The molecule has 0 N–H and O–H groups in total. The van der Waals surface area contributed by atoms with E-state index in [1.165, 1.54) is 12.8 Å². The molecular formula is C15H13Cl3N2. The van der Waals surface area contributed by atoms with Crippen molar-refractivity contribution in [3.8, 4) is 11.1 Å². The van der Waals surface area contributed by atoms with Crippen LogP contribution >= 0.6 is 34.8 Å². The van der Waals surface area contributed by atoms with Gasteiger partial charge in [0.05, 0.1) is 5.56 Å². The zero-order chi connectivity index (χ0) is 14.1. The number of hydrogen-bond acceptors (Lipinski definition) is 2. The van der Waals surface area contributed by atoms with Gasteiger partial charge in [-0.2, -0.15) is 0 Å². The molecule has 1 saturated carbocycles. The van der Waals surface area contributed by atoms with Gasteiger partial charge in [0.2, 0.25) is 0 Å². The zero-order valence-electron chi connectivity index (χ0n) is 10.7. The summed E-state index contributed by atoms with van der Waals surface area (Å²) in [5.41, 5.74) is 1.38. The molecular weight excluding hydrogens is 315 g/mol. The molecule has 0 radical (unpaired) electrons. The summed E-state index contributed by atoms with van der Waals surface area (Å²) in [6, 6.07) is 7.42. The summed E-state index contributed by atoms with van der Waals surface area (Å²) in [6.45, 7) is 0. The van der Waals surface area contributed by atoms with Gasteiger partial charge in [-0.05, 0) is 18.9 Å². The number of halogens is 3. The van der Waals surface area contributed by atoms with E-state index in [2.05, 4.69) is 9.97 Å². The maximum absolute atomic E-state index is 6.33. The molecule has 0 saturated heterocycles. The molecule has 1 aromatic carbocycles. The third-order valence-electron chi connectivity index (χ3n) is 3.70. The highest BCUT2D eigenvalue weighted by atomic mass is 35.5. The Morgan fingerprint density at radius 2 is 1.50 bits per heavy atom. The quantitative estimate of drug-likeness (QED) is 0.655. The predicted octanol–water partition coefficient (Wildman–Crippen LogP) is 5.76. The molecule has 0 unspecified atom stereocenters. The maximum Gasteiger partial charge on any atom is 0.142 e. The summed E-state index contributed by atoms with van der Waals surface area (Å²) in [6.07, 6.45) is 4.65. The molecule has 3 rings (SSSR count). The lowest BCUT2D eigenvalue weighted by Crippen LogP contribution is -2.03. The van der Waals surface area contributed by atoms with Crippen LogP contribution in [-0.2, 0) is 0 Å². The van der Waals surface area contributed by atoms with Gasteiger partial charge < -0.3 is 0 Å². The minimum atomic E-state index is 0.375. The maximum atomic E-state index is 6.33. The molecule has 1 aromatic heterocycles. The zero-order valence-corrected chi connectivity index (χ0v) is 13.0. The Morgan fingerprint density at radius 3 is 2.10 bits per heavy atom. The molecule has 0 spiro atoms. The molecule has 2 nitrogen and oxygen atoms in total. The van der Waals surface area contributed by atoms with E-state index in [1.54, 1.807) is 6.07 Å². The molecule has 1 aliphatic rings. The van der Waals surface area contributed by atoms with Crippen molar-refractivity contribution in [2.75, 3.05) is 0 Å². The molecule has 2 aromatic rings. The molecule has 1 heterocycles. The number of nitrogens with zero attached hydrogens (tertiary/aromatic N) is 2. The Bertz CT molecular complexity index is 614. The van der Waals surface area contributed by atoms with Gasteiger partial charge in [0.15, 0.2) is 0 Å². The first-order valence-corrected chi connectivity index (χ1v) is 7.78. The van der Waals surface area contributed by atoms with E-state index in [0.717, 1.165) is 24.2 Å². The summed E-state index contributed by atoms with van der Waals surface area (Å²) in [5.74, 6) is 1.14. The SMILES string of the molecule is Clc1ccccc1-c1c(Cl)nc(C2CCCC2)nc1Cl. The molecule has 1 aliphatic carbocycles. The fourth-order valence-corrected chi connectivity index (χ4v) is 3.51. The van der Waals surface area contributed by atoms with Crippen LogP contribution in [0.4, 0.5) is 0 Å². The van der Waals surface area contributed by atoms with Crippen molar-refractivity contribution in [2.45, 2.75) is 31.6 Å². The molecule has 0 aliphatic heterocycles. The number of rotatable bonds is 2. The van der Waals surface area contributed by atoms with Crippen LogP contribution in [0.3, 0.4) is 0 Å². The van der Waals surface area contributed by atoms with Crippen LogP contribution < -0.4 is 0 Å². The Balaban J connectivity index is 2.07. The third kappa shape index (κ3) is 2.65. The van der Waals surface area contributed by atoms with E-state index in [4.69, 9.17) is 34.8 Å². The van der Waals surface area contributed by atoms with E-state index < -0.39 is 0 Å². The Kier molecular flexibility index (Phi) is 4.16. The van der Waals surface area contributed by atoms with Gasteiger partial charge in [-0.25, -0.2) is 9.97 Å². The Labute approximate surface area is 133 Å². The van der Waals surface area contributed by atoms with Crippen LogP contribution in [0.5, 0.6) is 0 Å². The van der Waals surface area contributed by atoms with E-state index in [0.29, 0.717) is 26.8 Å². The summed E-state index contributed by atoms with van der Waals surface area (Å²) < 4.78 is 0. The first-order chi connectivity index (χ1) is 9.66. The summed E-state index contributed by atoms with van der Waals surface area (Å²) in [5, 5.41) is 1.34. The van der Waals surface area contributed by atoms with Crippen LogP contribution in [0.25, 0.3) is 11.1 Å². The minimum Gasteiger partial charge on any atom is -0.220 e. The van der Waals surface area contributed by atoms with Crippen molar-refractivity contribution in [2.24, 2.45) is 0 Å². The van der Waals surface area contributed by atoms with Gasteiger partial charge in [-0.15, -0.1) is 0 Å².